The first-order chi connectivity index (χ1) is 9.15. The Bertz CT molecular complexity index is 565. The molecule has 6 nitrogen and oxygen atoms in total. The molecule has 0 aliphatic rings. The van der Waals surface area contributed by atoms with Crippen LogP contribution in [-0.4, -0.2) is 32.0 Å². The third-order valence-electron chi connectivity index (χ3n) is 3.13. The van der Waals surface area contributed by atoms with Crippen molar-refractivity contribution < 1.29 is 13.2 Å². The summed E-state index contributed by atoms with van der Waals surface area (Å²) in [6, 6.07) is 6.67. The molecule has 0 radical (unpaired) electrons. The van der Waals surface area contributed by atoms with Crippen molar-refractivity contribution in [3.63, 3.8) is 0 Å². The lowest BCUT2D eigenvalue weighted by atomic mass is 10.2. The van der Waals surface area contributed by atoms with Crippen molar-refractivity contribution in [1.29, 1.82) is 0 Å². The highest BCUT2D eigenvalue weighted by molar-refractivity contribution is 7.92. The van der Waals surface area contributed by atoms with Crippen LogP contribution in [0, 0.1) is 0 Å². The van der Waals surface area contributed by atoms with Gasteiger partial charge < -0.3 is 16.4 Å². The Hall–Kier alpha value is -1.60. The molecule has 0 unspecified atom stereocenters. The van der Waals surface area contributed by atoms with E-state index in [0.717, 1.165) is 11.8 Å². The molecule has 1 aromatic rings. The summed E-state index contributed by atoms with van der Waals surface area (Å²) in [6.45, 7) is 3.62. The first-order valence-electron chi connectivity index (χ1n) is 6.19. The standard InChI is InChI=1S/C13H21N3O3S/c1-13(2,20(3,18)19)9-15-12(17)16-11-6-4-10(8-14)5-7-11/h4-7H,8-9,14H2,1-3H3,(H2,15,16,17). The van der Waals surface area contributed by atoms with E-state index in [4.69, 9.17) is 5.73 Å². The van der Waals surface area contributed by atoms with Crippen molar-refractivity contribution in [1.82, 2.24) is 5.32 Å². The number of nitrogens with one attached hydrogen (secondary N) is 2. The first-order valence-corrected chi connectivity index (χ1v) is 8.08. The number of hydrogen-bond donors (Lipinski definition) is 3. The number of carbonyl (C=O) groups is 1. The quantitative estimate of drug-likeness (QED) is 0.757. The van der Waals surface area contributed by atoms with Crippen LogP contribution >= 0.6 is 0 Å². The van der Waals surface area contributed by atoms with E-state index in [9.17, 15) is 13.2 Å². The van der Waals surface area contributed by atoms with Gasteiger partial charge in [-0.2, -0.15) is 0 Å². The van der Waals surface area contributed by atoms with Gasteiger partial charge in [0.1, 0.15) is 0 Å². The van der Waals surface area contributed by atoms with Crippen molar-refractivity contribution in [2.24, 2.45) is 5.73 Å². The minimum atomic E-state index is -3.24. The van der Waals surface area contributed by atoms with Crippen LogP contribution in [0.4, 0.5) is 10.5 Å². The van der Waals surface area contributed by atoms with Gasteiger partial charge in [-0.05, 0) is 31.5 Å². The van der Waals surface area contributed by atoms with Crippen LogP contribution in [0.15, 0.2) is 24.3 Å². The second-order valence-electron chi connectivity index (χ2n) is 5.24. The van der Waals surface area contributed by atoms with E-state index in [2.05, 4.69) is 10.6 Å². The van der Waals surface area contributed by atoms with Crippen LogP contribution in [0.3, 0.4) is 0 Å². The molecular formula is C13H21N3O3S. The summed E-state index contributed by atoms with van der Waals surface area (Å²) in [4.78, 5) is 11.7. The fourth-order valence-electron chi connectivity index (χ4n) is 1.32. The zero-order valence-electron chi connectivity index (χ0n) is 11.9. The molecule has 0 atom stereocenters. The van der Waals surface area contributed by atoms with E-state index in [-0.39, 0.29) is 6.54 Å². The monoisotopic (exact) mass is 299 g/mol. The van der Waals surface area contributed by atoms with Crippen LogP contribution < -0.4 is 16.4 Å². The highest BCUT2D eigenvalue weighted by atomic mass is 32.2. The Labute approximate surface area is 119 Å². The van der Waals surface area contributed by atoms with Crippen molar-refractivity contribution in [2.45, 2.75) is 25.1 Å². The molecule has 112 valence electrons. The molecule has 0 aliphatic heterocycles. The average molecular weight is 299 g/mol. The normalized spacial score (nSPS) is 12.0. The highest BCUT2D eigenvalue weighted by Gasteiger charge is 2.30. The lowest BCUT2D eigenvalue weighted by Gasteiger charge is -2.22. The topological polar surface area (TPSA) is 101 Å². The zero-order valence-corrected chi connectivity index (χ0v) is 12.8. The maximum Gasteiger partial charge on any atom is 0.319 e. The Morgan fingerprint density at radius 3 is 2.25 bits per heavy atom. The molecule has 0 saturated heterocycles. The zero-order chi connectivity index (χ0) is 15.4. The van der Waals surface area contributed by atoms with E-state index in [1.54, 1.807) is 26.0 Å². The largest absolute Gasteiger partial charge is 0.336 e. The summed E-state index contributed by atoms with van der Waals surface area (Å²) < 4.78 is 22.0. The second-order valence-corrected chi connectivity index (χ2v) is 7.89. The van der Waals surface area contributed by atoms with E-state index in [1.165, 1.54) is 0 Å². The van der Waals surface area contributed by atoms with Crippen LogP contribution in [0.1, 0.15) is 19.4 Å². The molecule has 0 aromatic heterocycles. The molecule has 0 spiro atoms. The molecule has 0 fully saturated rings. The average Bonchev–Trinajstić information content (AvgIpc) is 2.36. The number of anilines is 1. The van der Waals surface area contributed by atoms with E-state index >= 15 is 0 Å². The molecule has 0 saturated carbocycles. The maximum atomic E-state index is 11.7. The van der Waals surface area contributed by atoms with Crippen molar-refractivity contribution in [3.05, 3.63) is 29.8 Å². The van der Waals surface area contributed by atoms with Gasteiger partial charge in [0.2, 0.25) is 0 Å². The number of urea groups is 1. The summed E-state index contributed by atoms with van der Waals surface area (Å²) in [7, 11) is -3.24. The summed E-state index contributed by atoms with van der Waals surface area (Å²) in [5, 5.41) is 5.18. The number of amides is 2. The molecule has 2 amide bonds. The third kappa shape index (κ3) is 4.50. The minimum Gasteiger partial charge on any atom is -0.336 e. The van der Waals surface area contributed by atoms with Crippen LogP contribution in [0.25, 0.3) is 0 Å². The minimum absolute atomic E-state index is 0.0402. The molecular weight excluding hydrogens is 278 g/mol. The van der Waals surface area contributed by atoms with Crippen LogP contribution in [-0.2, 0) is 16.4 Å². The Kier molecular flexibility index (Phi) is 5.13. The van der Waals surface area contributed by atoms with E-state index in [1.807, 2.05) is 12.1 Å². The van der Waals surface area contributed by atoms with Gasteiger partial charge in [-0.15, -0.1) is 0 Å². The van der Waals surface area contributed by atoms with Crippen molar-refractivity contribution in [2.75, 3.05) is 18.1 Å². The number of carbonyl (C=O) groups excluding carboxylic acids is 1. The smallest absolute Gasteiger partial charge is 0.319 e. The summed E-state index contributed by atoms with van der Waals surface area (Å²) >= 11 is 0. The predicted molar refractivity (Wildman–Crippen MR) is 80.3 cm³/mol. The van der Waals surface area contributed by atoms with Gasteiger partial charge in [0.15, 0.2) is 9.84 Å². The van der Waals surface area contributed by atoms with Gasteiger partial charge in [0.05, 0.1) is 4.75 Å². The lowest BCUT2D eigenvalue weighted by Crippen LogP contribution is -2.45. The molecule has 0 heterocycles. The van der Waals surface area contributed by atoms with Gasteiger partial charge in [-0.3, -0.25) is 0 Å². The van der Waals surface area contributed by atoms with E-state index in [0.29, 0.717) is 12.2 Å². The fourth-order valence-corrected chi connectivity index (χ4v) is 1.66. The maximum absolute atomic E-state index is 11.7. The van der Waals surface area contributed by atoms with Gasteiger partial charge >= 0.3 is 6.03 Å². The number of hydrogen-bond acceptors (Lipinski definition) is 4. The Balaban J connectivity index is 2.56. The molecule has 1 rings (SSSR count). The molecule has 0 aliphatic carbocycles. The molecule has 1 aromatic carbocycles. The van der Waals surface area contributed by atoms with Crippen LogP contribution in [0.2, 0.25) is 0 Å². The summed E-state index contributed by atoms with van der Waals surface area (Å²) in [5.41, 5.74) is 7.07. The lowest BCUT2D eigenvalue weighted by molar-refractivity contribution is 0.251. The van der Waals surface area contributed by atoms with Gasteiger partial charge in [0.25, 0.3) is 0 Å². The molecule has 7 heteroatoms. The first kappa shape index (κ1) is 16.5. The number of nitrogens with two attached hydrogens (primary N) is 1. The number of rotatable bonds is 5. The van der Waals surface area contributed by atoms with Crippen molar-refractivity contribution in [3.8, 4) is 0 Å². The van der Waals surface area contributed by atoms with E-state index < -0.39 is 20.6 Å². The van der Waals surface area contributed by atoms with Crippen molar-refractivity contribution >= 4 is 21.6 Å². The number of sulfone groups is 1. The molecule has 20 heavy (non-hydrogen) atoms. The molecule has 4 N–H and O–H groups in total. The SMILES string of the molecule is CC(C)(CNC(=O)Nc1ccc(CN)cc1)S(C)(=O)=O. The van der Waals surface area contributed by atoms with Crippen LogP contribution in [0.5, 0.6) is 0 Å². The summed E-state index contributed by atoms with van der Waals surface area (Å²) in [6.07, 6.45) is 1.15. The fraction of sp³-hybridized carbons (Fsp3) is 0.462. The van der Waals surface area contributed by atoms with Gasteiger partial charge in [0, 0.05) is 25.0 Å². The van der Waals surface area contributed by atoms with Gasteiger partial charge in [-0.1, -0.05) is 12.1 Å². The van der Waals surface area contributed by atoms with Gasteiger partial charge in [-0.25, -0.2) is 13.2 Å². The second kappa shape index (κ2) is 6.23. The number of benzene rings is 1. The summed E-state index contributed by atoms with van der Waals surface area (Å²) in [5.74, 6) is 0. The third-order valence-corrected chi connectivity index (χ3v) is 5.28. The Morgan fingerprint density at radius 2 is 1.80 bits per heavy atom. The molecule has 0 bridgehead atoms. The Morgan fingerprint density at radius 1 is 1.25 bits per heavy atom. The predicted octanol–water partition coefficient (Wildman–Crippen LogP) is 1.09. The highest BCUT2D eigenvalue weighted by Crippen LogP contribution is 2.13.